The van der Waals surface area contributed by atoms with E-state index in [4.69, 9.17) is 11.6 Å². The van der Waals surface area contributed by atoms with E-state index in [0.29, 0.717) is 10.6 Å². The lowest BCUT2D eigenvalue weighted by Gasteiger charge is -2.14. The molecule has 0 heterocycles. The van der Waals surface area contributed by atoms with Crippen molar-refractivity contribution in [2.24, 2.45) is 0 Å². The summed E-state index contributed by atoms with van der Waals surface area (Å²) in [5.41, 5.74) is 0.559. The first-order chi connectivity index (χ1) is 8.65. The van der Waals surface area contributed by atoms with Crippen molar-refractivity contribution >= 4 is 17.6 Å². The minimum Gasteiger partial charge on any atom is -0.387 e. The molecule has 0 fully saturated rings. The lowest BCUT2D eigenvalue weighted by molar-refractivity contribution is 0.173. The number of hydrogen-bond acceptors (Lipinski definition) is 2. The van der Waals surface area contributed by atoms with Crippen LogP contribution in [-0.4, -0.2) is 30.9 Å². The first kappa shape index (κ1) is 14.7. The third-order valence-corrected chi connectivity index (χ3v) is 2.66. The maximum Gasteiger partial charge on any atom is 0.314 e. The van der Waals surface area contributed by atoms with Gasteiger partial charge in [-0.15, -0.1) is 0 Å². The molecule has 2 amide bonds. The number of aliphatic hydroxyl groups is 1. The number of carbonyl (C=O) groups excluding carboxylic acids is 1. The van der Waals surface area contributed by atoms with E-state index in [0.717, 1.165) is 0 Å². The van der Waals surface area contributed by atoms with Crippen LogP contribution >= 0.6 is 11.6 Å². The average Bonchev–Trinajstić information content (AvgIpc) is 2.37. The second-order valence-electron chi connectivity index (χ2n) is 3.72. The van der Waals surface area contributed by atoms with Gasteiger partial charge in [0.15, 0.2) is 0 Å². The Morgan fingerprint density at radius 3 is 2.78 bits per heavy atom. The molecule has 6 heteroatoms. The van der Waals surface area contributed by atoms with Crippen LogP contribution in [0.25, 0.3) is 0 Å². The SMILES string of the molecule is O=C(NCCCF)NCC(O)c1ccccc1Cl. The summed E-state index contributed by atoms with van der Waals surface area (Å²) in [6, 6.07) is 6.44. The lowest BCUT2D eigenvalue weighted by Crippen LogP contribution is -2.38. The van der Waals surface area contributed by atoms with Crippen LogP contribution in [0.15, 0.2) is 24.3 Å². The number of carbonyl (C=O) groups is 1. The summed E-state index contributed by atoms with van der Waals surface area (Å²) in [7, 11) is 0. The van der Waals surface area contributed by atoms with E-state index in [1.165, 1.54) is 0 Å². The fourth-order valence-electron chi connectivity index (χ4n) is 1.38. The molecular formula is C12H16ClFN2O2. The van der Waals surface area contributed by atoms with Crippen molar-refractivity contribution in [1.82, 2.24) is 10.6 Å². The highest BCUT2D eigenvalue weighted by atomic mass is 35.5. The zero-order valence-corrected chi connectivity index (χ0v) is 10.6. The van der Waals surface area contributed by atoms with E-state index < -0.39 is 18.8 Å². The summed E-state index contributed by atoms with van der Waals surface area (Å²) in [6.07, 6.45) is -0.592. The third-order valence-electron chi connectivity index (χ3n) is 2.32. The number of urea groups is 1. The Labute approximate surface area is 110 Å². The summed E-state index contributed by atoms with van der Waals surface area (Å²) >= 11 is 5.91. The van der Waals surface area contributed by atoms with Crippen molar-refractivity contribution in [2.75, 3.05) is 19.8 Å². The first-order valence-corrected chi connectivity index (χ1v) is 6.03. The van der Waals surface area contributed by atoms with Gasteiger partial charge in [0.2, 0.25) is 0 Å². The number of alkyl halides is 1. The van der Waals surface area contributed by atoms with Gasteiger partial charge >= 0.3 is 6.03 Å². The summed E-state index contributed by atoms with van der Waals surface area (Å²) in [5, 5.41) is 15.2. The van der Waals surface area contributed by atoms with Crippen LogP contribution in [0.3, 0.4) is 0 Å². The predicted octanol–water partition coefficient (Wildman–Crippen LogP) is 2.03. The molecule has 100 valence electrons. The summed E-state index contributed by atoms with van der Waals surface area (Å²) in [6.45, 7) is -0.155. The highest BCUT2D eigenvalue weighted by molar-refractivity contribution is 6.31. The second kappa shape index (κ2) is 7.89. The largest absolute Gasteiger partial charge is 0.387 e. The van der Waals surface area contributed by atoms with Gasteiger partial charge in [-0.05, 0) is 12.5 Å². The Morgan fingerprint density at radius 1 is 1.39 bits per heavy atom. The highest BCUT2D eigenvalue weighted by Crippen LogP contribution is 2.21. The van der Waals surface area contributed by atoms with E-state index in [9.17, 15) is 14.3 Å². The molecule has 4 nitrogen and oxygen atoms in total. The maximum atomic E-state index is 11.8. The molecule has 0 aliphatic carbocycles. The number of amides is 2. The number of hydrogen-bond donors (Lipinski definition) is 3. The number of halogens is 2. The zero-order valence-electron chi connectivity index (χ0n) is 9.83. The second-order valence-corrected chi connectivity index (χ2v) is 4.12. The summed E-state index contributed by atoms with van der Waals surface area (Å²) < 4.78 is 11.8. The van der Waals surface area contributed by atoms with Crippen molar-refractivity contribution in [3.05, 3.63) is 34.9 Å². The lowest BCUT2D eigenvalue weighted by atomic mass is 10.1. The van der Waals surface area contributed by atoms with Gasteiger partial charge in [-0.3, -0.25) is 4.39 Å². The minimum atomic E-state index is -0.870. The Bertz CT molecular complexity index is 390. The van der Waals surface area contributed by atoms with E-state index in [1.54, 1.807) is 24.3 Å². The molecule has 0 spiro atoms. The summed E-state index contributed by atoms with van der Waals surface area (Å²) in [4.78, 5) is 11.2. The number of rotatable bonds is 6. The van der Waals surface area contributed by atoms with Crippen LogP contribution in [0.5, 0.6) is 0 Å². The van der Waals surface area contributed by atoms with Gasteiger partial charge in [0.1, 0.15) is 0 Å². The topological polar surface area (TPSA) is 61.4 Å². The molecule has 1 aromatic carbocycles. The molecule has 0 aliphatic rings. The van der Waals surface area contributed by atoms with Gasteiger partial charge < -0.3 is 15.7 Å². The molecule has 1 aromatic rings. The van der Waals surface area contributed by atoms with Crippen molar-refractivity contribution in [1.29, 1.82) is 0 Å². The maximum absolute atomic E-state index is 11.8. The molecule has 0 saturated carbocycles. The predicted molar refractivity (Wildman–Crippen MR) is 68.4 cm³/mol. The monoisotopic (exact) mass is 274 g/mol. The van der Waals surface area contributed by atoms with Gasteiger partial charge in [-0.25, -0.2) is 4.79 Å². The molecule has 0 aliphatic heterocycles. The minimum absolute atomic E-state index is 0.0468. The third kappa shape index (κ3) is 4.89. The molecule has 18 heavy (non-hydrogen) atoms. The van der Waals surface area contributed by atoms with Gasteiger partial charge in [0.05, 0.1) is 12.8 Å². The van der Waals surface area contributed by atoms with Crippen LogP contribution < -0.4 is 10.6 Å². The molecule has 0 radical (unpaired) electrons. The molecule has 1 unspecified atom stereocenters. The van der Waals surface area contributed by atoms with Gasteiger partial charge in [-0.1, -0.05) is 29.8 Å². The van der Waals surface area contributed by atoms with Gasteiger partial charge in [0, 0.05) is 23.7 Å². The highest BCUT2D eigenvalue weighted by Gasteiger charge is 2.11. The molecule has 0 bridgehead atoms. The van der Waals surface area contributed by atoms with Gasteiger partial charge in [0.25, 0.3) is 0 Å². The fourth-order valence-corrected chi connectivity index (χ4v) is 1.64. The van der Waals surface area contributed by atoms with Crippen molar-refractivity contribution in [2.45, 2.75) is 12.5 Å². The van der Waals surface area contributed by atoms with E-state index in [-0.39, 0.29) is 19.5 Å². The normalized spacial score (nSPS) is 11.9. The molecule has 1 rings (SSSR count). The van der Waals surface area contributed by atoms with Crippen LogP contribution in [0.1, 0.15) is 18.1 Å². The average molecular weight is 275 g/mol. The number of benzene rings is 1. The van der Waals surface area contributed by atoms with E-state index in [1.807, 2.05) is 0 Å². The first-order valence-electron chi connectivity index (χ1n) is 5.65. The Hall–Kier alpha value is -1.33. The van der Waals surface area contributed by atoms with Crippen LogP contribution in [0.4, 0.5) is 9.18 Å². The number of nitrogens with one attached hydrogen (secondary N) is 2. The van der Waals surface area contributed by atoms with E-state index >= 15 is 0 Å². The molecule has 3 N–H and O–H groups in total. The zero-order chi connectivity index (χ0) is 13.4. The number of aliphatic hydroxyl groups excluding tert-OH is 1. The smallest absolute Gasteiger partial charge is 0.314 e. The fraction of sp³-hybridized carbons (Fsp3) is 0.417. The van der Waals surface area contributed by atoms with Crippen molar-refractivity contribution < 1.29 is 14.3 Å². The quantitative estimate of drug-likeness (QED) is 0.695. The van der Waals surface area contributed by atoms with Crippen LogP contribution in [0, 0.1) is 0 Å². The van der Waals surface area contributed by atoms with Crippen LogP contribution in [-0.2, 0) is 0 Å². The van der Waals surface area contributed by atoms with Crippen LogP contribution in [0.2, 0.25) is 5.02 Å². The molecular weight excluding hydrogens is 259 g/mol. The van der Waals surface area contributed by atoms with Crippen molar-refractivity contribution in [3.8, 4) is 0 Å². The Kier molecular flexibility index (Phi) is 6.46. The molecule has 0 saturated heterocycles. The van der Waals surface area contributed by atoms with E-state index in [2.05, 4.69) is 10.6 Å². The molecule has 0 aromatic heterocycles. The standard InChI is InChI=1S/C12H16ClFN2O2/c13-10-5-2-1-4-9(10)11(17)8-16-12(18)15-7-3-6-14/h1-2,4-5,11,17H,3,6-8H2,(H2,15,16,18). The molecule has 1 atom stereocenters. The van der Waals surface area contributed by atoms with Gasteiger partial charge in [-0.2, -0.15) is 0 Å². The Balaban J connectivity index is 2.35. The summed E-state index contributed by atoms with van der Waals surface area (Å²) in [5.74, 6) is 0. The Morgan fingerprint density at radius 2 is 2.11 bits per heavy atom. The van der Waals surface area contributed by atoms with Crippen molar-refractivity contribution in [3.63, 3.8) is 0 Å².